The van der Waals surface area contributed by atoms with Gasteiger partial charge in [0.15, 0.2) is 0 Å². The van der Waals surface area contributed by atoms with E-state index >= 15 is 0 Å². The summed E-state index contributed by atoms with van der Waals surface area (Å²) in [7, 11) is 0. The summed E-state index contributed by atoms with van der Waals surface area (Å²) in [5.41, 5.74) is 3.75. The van der Waals surface area contributed by atoms with E-state index < -0.39 is 5.91 Å². The molecule has 0 spiro atoms. The Morgan fingerprint density at radius 1 is 1.00 bits per heavy atom. The Morgan fingerprint density at radius 3 is 2.46 bits per heavy atom. The Kier molecular flexibility index (Phi) is 6.06. The van der Waals surface area contributed by atoms with E-state index in [4.69, 9.17) is 11.6 Å². The van der Waals surface area contributed by atoms with Crippen LogP contribution in [0.5, 0.6) is 0 Å². The number of carbonyl (C=O) groups is 2. The van der Waals surface area contributed by atoms with Crippen LogP contribution in [0.1, 0.15) is 38.9 Å². The molecule has 0 bridgehead atoms. The minimum atomic E-state index is -0.410. The summed E-state index contributed by atoms with van der Waals surface area (Å²) in [6, 6.07) is 15.9. The predicted octanol–water partition coefficient (Wildman–Crippen LogP) is 5.11. The van der Waals surface area contributed by atoms with Crippen LogP contribution in [0.3, 0.4) is 0 Å². The first-order valence-electron chi connectivity index (χ1n) is 8.90. The molecule has 0 aliphatic rings. The zero-order chi connectivity index (χ0) is 20.1. The van der Waals surface area contributed by atoms with Gasteiger partial charge >= 0.3 is 0 Å². The number of benzene rings is 2. The Bertz CT molecular complexity index is 1020. The molecule has 142 valence electrons. The fraction of sp³-hybridized carbons (Fsp3) is 0.136. The normalized spacial score (nSPS) is 10.4. The molecule has 0 atom stereocenters. The molecule has 28 heavy (non-hydrogen) atoms. The molecule has 2 N–H and O–H groups in total. The number of nitrogens with one attached hydrogen (secondary N) is 2. The Hall–Kier alpha value is -3.18. The van der Waals surface area contributed by atoms with Crippen molar-refractivity contribution in [1.29, 1.82) is 0 Å². The molecular weight excluding hydrogens is 374 g/mol. The molecule has 0 aliphatic heterocycles. The number of hydrogen-bond acceptors (Lipinski definition) is 3. The third-order valence-electron chi connectivity index (χ3n) is 4.39. The smallest absolute Gasteiger partial charge is 0.274 e. The lowest BCUT2D eigenvalue weighted by molar-refractivity contribution is 0.102. The lowest BCUT2D eigenvalue weighted by Gasteiger charge is -2.10. The molecule has 3 rings (SSSR count). The number of anilines is 2. The highest BCUT2D eigenvalue weighted by Crippen LogP contribution is 2.23. The monoisotopic (exact) mass is 393 g/mol. The van der Waals surface area contributed by atoms with Gasteiger partial charge in [-0.2, -0.15) is 0 Å². The van der Waals surface area contributed by atoms with Crippen LogP contribution in [-0.4, -0.2) is 16.8 Å². The van der Waals surface area contributed by atoms with Crippen LogP contribution in [0.15, 0.2) is 60.8 Å². The maximum absolute atomic E-state index is 12.5. The largest absolute Gasteiger partial charge is 0.322 e. The maximum atomic E-state index is 12.5. The molecule has 0 aliphatic carbocycles. The molecule has 0 saturated heterocycles. The van der Waals surface area contributed by atoms with Crippen LogP contribution in [0.2, 0.25) is 5.02 Å². The number of amides is 2. The third-order valence-corrected chi connectivity index (χ3v) is 4.80. The summed E-state index contributed by atoms with van der Waals surface area (Å²) in [5, 5.41) is 6.17. The van der Waals surface area contributed by atoms with Gasteiger partial charge in [0.1, 0.15) is 5.69 Å². The molecule has 2 amide bonds. The average Bonchev–Trinajstić information content (AvgIpc) is 2.72. The average molecular weight is 394 g/mol. The van der Waals surface area contributed by atoms with Gasteiger partial charge in [-0.15, -0.1) is 0 Å². The highest BCUT2D eigenvalue weighted by atomic mass is 35.5. The first-order chi connectivity index (χ1) is 13.5. The van der Waals surface area contributed by atoms with Crippen molar-refractivity contribution in [2.24, 2.45) is 0 Å². The van der Waals surface area contributed by atoms with Gasteiger partial charge in [-0.05, 0) is 60.9 Å². The van der Waals surface area contributed by atoms with Gasteiger partial charge < -0.3 is 10.6 Å². The van der Waals surface area contributed by atoms with Crippen molar-refractivity contribution in [3.05, 3.63) is 88.2 Å². The van der Waals surface area contributed by atoms with Gasteiger partial charge in [-0.25, -0.2) is 0 Å². The number of rotatable bonds is 5. The number of nitrogens with zero attached hydrogens (tertiary/aromatic N) is 1. The van der Waals surface area contributed by atoms with Gasteiger partial charge in [-0.3, -0.25) is 14.6 Å². The molecule has 3 aromatic rings. The fourth-order valence-electron chi connectivity index (χ4n) is 2.65. The van der Waals surface area contributed by atoms with E-state index in [0.717, 1.165) is 12.0 Å². The first-order valence-corrected chi connectivity index (χ1v) is 9.28. The fourth-order valence-corrected chi connectivity index (χ4v) is 2.83. The molecule has 0 fully saturated rings. The molecule has 5 nitrogen and oxygen atoms in total. The van der Waals surface area contributed by atoms with Crippen LogP contribution in [0, 0.1) is 6.92 Å². The van der Waals surface area contributed by atoms with Crippen molar-refractivity contribution in [3.8, 4) is 0 Å². The lowest BCUT2D eigenvalue weighted by atomic mass is 10.1. The molecule has 0 saturated carbocycles. The number of pyridine rings is 1. The molecule has 2 aromatic carbocycles. The zero-order valence-corrected chi connectivity index (χ0v) is 16.4. The first kappa shape index (κ1) is 19.6. The van der Waals surface area contributed by atoms with E-state index in [0.29, 0.717) is 22.0 Å². The Balaban J connectivity index is 1.74. The lowest BCUT2D eigenvalue weighted by Crippen LogP contribution is -2.17. The summed E-state index contributed by atoms with van der Waals surface area (Å²) >= 11 is 6.09. The Morgan fingerprint density at radius 2 is 1.75 bits per heavy atom. The van der Waals surface area contributed by atoms with Crippen LogP contribution in [-0.2, 0) is 6.42 Å². The number of aromatic nitrogens is 1. The van der Waals surface area contributed by atoms with Crippen molar-refractivity contribution in [2.75, 3.05) is 10.6 Å². The predicted molar refractivity (Wildman–Crippen MR) is 112 cm³/mol. The number of hydrogen-bond donors (Lipinski definition) is 2. The van der Waals surface area contributed by atoms with Crippen LogP contribution >= 0.6 is 11.6 Å². The second-order valence-corrected chi connectivity index (χ2v) is 6.71. The van der Waals surface area contributed by atoms with Gasteiger partial charge in [0.25, 0.3) is 11.8 Å². The van der Waals surface area contributed by atoms with E-state index in [1.54, 1.807) is 24.3 Å². The van der Waals surface area contributed by atoms with Gasteiger partial charge in [-0.1, -0.05) is 36.7 Å². The summed E-state index contributed by atoms with van der Waals surface area (Å²) in [4.78, 5) is 29.1. The summed E-state index contributed by atoms with van der Waals surface area (Å²) in [6.45, 7) is 3.89. The number of halogens is 1. The van der Waals surface area contributed by atoms with E-state index in [-0.39, 0.29) is 11.6 Å². The van der Waals surface area contributed by atoms with Crippen molar-refractivity contribution < 1.29 is 9.59 Å². The van der Waals surface area contributed by atoms with Gasteiger partial charge in [0.05, 0.1) is 0 Å². The maximum Gasteiger partial charge on any atom is 0.274 e. The molecule has 1 heterocycles. The number of carbonyl (C=O) groups excluding carboxylic acids is 2. The minimum absolute atomic E-state index is 0.147. The molecule has 1 aromatic heterocycles. The Labute approximate surface area is 168 Å². The van der Waals surface area contributed by atoms with E-state index in [1.165, 1.54) is 17.8 Å². The van der Waals surface area contributed by atoms with E-state index in [2.05, 4.69) is 22.5 Å². The second-order valence-electron chi connectivity index (χ2n) is 6.30. The van der Waals surface area contributed by atoms with E-state index in [1.807, 2.05) is 31.2 Å². The molecule has 0 radical (unpaired) electrons. The highest BCUT2D eigenvalue weighted by molar-refractivity contribution is 6.31. The molecular formula is C22H20ClN3O2. The van der Waals surface area contributed by atoms with Crippen LogP contribution < -0.4 is 10.6 Å². The topological polar surface area (TPSA) is 71.1 Å². The highest BCUT2D eigenvalue weighted by Gasteiger charge is 2.14. The van der Waals surface area contributed by atoms with Crippen LogP contribution in [0.25, 0.3) is 0 Å². The van der Waals surface area contributed by atoms with Gasteiger partial charge in [0, 0.05) is 28.2 Å². The SMILES string of the molecule is CCc1ccc(NC(=O)c2ccnc(C(=O)Nc3cccc(Cl)c3C)c2)cc1. The van der Waals surface area contributed by atoms with Gasteiger partial charge in [0.2, 0.25) is 0 Å². The quantitative estimate of drug-likeness (QED) is 0.632. The van der Waals surface area contributed by atoms with Crippen LogP contribution in [0.4, 0.5) is 11.4 Å². The molecule has 6 heteroatoms. The number of aryl methyl sites for hydroxylation is 1. The van der Waals surface area contributed by atoms with E-state index in [9.17, 15) is 9.59 Å². The standard InChI is InChI=1S/C22H20ClN3O2/c1-3-15-7-9-17(10-8-15)25-21(27)16-11-12-24-20(13-16)22(28)26-19-6-4-5-18(23)14(19)2/h4-13H,3H2,1-2H3,(H,25,27)(H,26,28). The summed E-state index contributed by atoms with van der Waals surface area (Å²) in [5.74, 6) is -0.716. The van der Waals surface area contributed by atoms with Crippen molar-refractivity contribution in [3.63, 3.8) is 0 Å². The summed E-state index contributed by atoms with van der Waals surface area (Å²) in [6.07, 6.45) is 2.37. The van der Waals surface area contributed by atoms with Crippen molar-refractivity contribution in [1.82, 2.24) is 4.98 Å². The van der Waals surface area contributed by atoms with Crippen molar-refractivity contribution >= 4 is 34.8 Å². The third kappa shape index (κ3) is 4.56. The molecule has 0 unspecified atom stereocenters. The zero-order valence-electron chi connectivity index (χ0n) is 15.6. The summed E-state index contributed by atoms with van der Waals surface area (Å²) < 4.78 is 0. The second kappa shape index (κ2) is 8.67. The minimum Gasteiger partial charge on any atom is -0.322 e. The van der Waals surface area contributed by atoms with Crippen molar-refractivity contribution in [2.45, 2.75) is 20.3 Å².